The van der Waals surface area contributed by atoms with Crippen LogP contribution in [-0.4, -0.2) is 12.0 Å². The van der Waals surface area contributed by atoms with Crippen LogP contribution in [0.3, 0.4) is 0 Å². The summed E-state index contributed by atoms with van der Waals surface area (Å²) in [7, 11) is 1.41. The number of ether oxygens (including phenoxy) is 2. The van der Waals surface area contributed by atoms with Gasteiger partial charge in [0, 0.05) is 10.5 Å². The first-order valence-corrected chi connectivity index (χ1v) is 7.01. The lowest BCUT2D eigenvalue weighted by molar-refractivity contribution is -0.385. The maximum absolute atomic E-state index is 11.0. The summed E-state index contributed by atoms with van der Waals surface area (Å²) in [6, 6.07) is 10.5. The van der Waals surface area contributed by atoms with E-state index in [1.165, 1.54) is 13.2 Å². The lowest BCUT2D eigenvalue weighted by atomic mass is 10.2. The van der Waals surface area contributed by atoms with E-state index in [1.54, 1.807) is 12.1 Å². The third kappa shape index (κ3) is 3.72. The monoisotopic (exact) mass is 351 g/mol. The zero-order valence-corrected chi connectivity index (χ0v) is 13.2. The summed E-state index contributed by atoms with van der Waals surface area (Å²) in [6.45, 7) is 2.19. The van der Waals surface area contributed by atoms with Crippen molar-refractivity contribution in [3.63, 3.8) is 0 Å². The van der Waals surface area contributed by atoms with Gasteiger partial charge in [-0.1, -0.05) is 28.1 Å². The van der Waals surface area contributed by atoms with Crippen molar-refractivity contribution in [1.29, 1.82) is 0 Å². The van der Waals surface area contributed by atoms with Gasteiger partial charge in [0.15, 0.2) is 5.75 Å². The number of benzene rings is 2. The summed E-state index contributed by atoms with van der Waals surface area (Å²) < 4.78 is 11.6. The zero-order valence-electron chi connectivity index (χ0n) is 11.6. The normalized spacial score (nSPS) is 10.2. The second-order valence-electron chi connectivity index (χ2n) is 4.46. The van der Waals surface area contributed by atoms with E-state index in [2.05, 4.69) is 15.9 Å². The molecule has 0 aliphatic heterocycles. The first-order chi connectivity index (χ1) is 10.0. The Kier molecular flexibility index (Phi) is 4.80. The number of methoxy groups -OCH3 is 1. The van der Waals surface area contributed by atoms with E-state index in [4.69, 9.17) is 9.47 Å². The second kappa shape index (κ2) is 6.58. The molecule has 0 atom stereocenters. The molecule has 0 bridgehead atoms. The Hall–Kier alpha value is -2.08. The molecule has 21 heavy (non-hydrogen) atoms. The molecule has 0 amide bonds. The van der Waals surface area contributed by atoms with E-state index in [9.17, 15) is 10.1 Å². The summed E-state index contributed by atoms with van der Waals surface area (Å²) in [4.78, 5) is 10.5. The molecule has 0 spiro atoms. The molecule has 0 aliphatic rings. The van der Waals surface area contributed by atoms with E-state index < -0.39 is 4.92 Å². The predicted octanol–water partition coefficient (Wildman–Crippen LogP) is 4.25. The molecule has 110 valence electrons. The predicted molar refractivity (Wildman–Crippen MR) is 82.9 cm³/mol. The third-order valence-corrected chi connectivity index (χ3v) is 3.48. The van der Waals surface area contributed by atoms with Gasteiger partial charge in [0.2, 0.25) is 0 Å². The molecule has 0 radical (unpaired) electrons. The highest BCUT2D eigenvalue weighted by atomic mass is 79.9. The number of halogens is 1. The van der Waals surface area contributed by atoms with Crippen LogP contribution in [-0.2, 0) is 6.61 Å². The Bertz CT molecular complexity index is 673. The molecule has 0 heterocycles. The van der Waals surface area contributed by atoms with Gasteiger partial charge in [-0.05, 0) is 36.2 Å². The first-order valence-electron chi connectivity index (χ1n) is 6.21. The van der Waals surface area contributed by atoms with Gasteiger partial charge in [0.1, 0.15) is 12.4 Å². The molecule has 0 fully saturated rings. The highest BCUT2D eigenvalue weighted by Gasteiger charge is 2.15. The van der Waals surface area contributed by atoms with E-state index in [0.717, 1.165) is 15.8 Å². The number of hydrogen-bond donors (Lipinski definition) is 0. The van der Waals surface area contributed by atoms with Crippen molar-refractivity contribution in [3.05, 3.63) is 62.1 Å². The van der Waals surface area contributed by atoms with Gasteiger partial charge in [0.25, 0.3) is 0 Å². The number of nitro groups is 1. The van der Waals surface area contributed by atoms with Crippen LogP contribution >= 0.6 is 15.9 Å². The van der Waals surface area contributed by atoms with Crippen LogP contribution in [0.4, 0.5) is 5.69 Å². The molecule has 2 aromatic carbocycles. The summed E-state index contributed by atoms with van der Waals surface area (Å²) >= 11 is 3.39. The van der Waals surface area contributed by atoms with Crippen molar-refractivity contribution in [3.8, 4) is 11.5 Å². The highest BCUT2D eigenvalue weighted by Crippen LogP contribution is 2.29. The van der Waals surface area contributed by atoms with Crippen molar-refractivity contribution in [2.75, 3.05) is 7.11 Å². The lowest BCUT2D eigenvalue weighted by Gasteiger charge is -2.10. The molecule has 2 aromatic rings. The van der Waals surface area contributed by atoms with E-state index in [1.807, 2.05) is 25.1 Å². The number of rotatable bonds is 5. The van der Waals surface area contributed by atoms with Crippen LogP contribution < -0.4 is 9.47 Å². The van der Waals surface area contributed by atoms with Gasteiger partial charge in [-0.3, -0.25) is 10.1 Å². The lowest BCUT2D eigenvalue weighted by Crippen LogP contribution is -2.00. The molecule has 6 heteroatoms. The fourth-order valence-corrected chi connectivity index (χ4v) is 2.20. The van der Waals surface area contributed by atoms with Crippen molar-refractivity contribution < 1.29 is 14.4 Å². The standard InChI is InChI=1S/C15H14BrNO4/c1-10-3-5-12(16)8-15(10)21-9-11-4-6-14(20-2)13(7-11)17(18)19/h3-8H,9H2,1-2H3. The maximum Gasteiger partial charge on any atom is 0.311 e. The molecule has 2 rings (SSSR count). The average molecular weight is 352 g/mol. The van der Waals surface area contributed by atoms with Crippen LogP contribution in [0.2, 0.25) is 0 Å². The van der Waals surface area contributed by atoms with Crippen LogP contribution in [0.5, 0.6) is 11.5 Å². The summed E-state index contributed by atoms with van der Waals surface area (Å²) in [5.41, 5.74) is 1.65. The SMILES string of the molecule is COc1ccc(COc2cc(Br)ccc2C)cc1[N+](=O)[O-]. The van der Waals surface area contributed by atoms with Gasteiger partial charge in [-0.15, -0.1) is 0 Å². The van der Waals surface area contributed by atoms with Crippen molar-refractivity contribution in [2.45, 2.75) is 13.5 Å². The first kappa shape index (κ1) is 15.3. The highest BCUT2D eigenvalue weighted by molar-refractivity contribution is 9.10. The van der Waals surface area contributed by atoms with Crippen LogP contribution in [0.1, 0.15) is 11.1 Å². The average Bonchev–Trinajstić information content (AvgIpc) is 2.47. The molecule has 0 unspecified atom stereocenters. The van der Waals surface area contributed by atoms with Crippen molar-refractivity contribution >= 4 is 21.6 Å². The Morgan fingerprint density at radius 3 is 2.62 bits per heavy atom. The van der Waals surface area contributed by atoms with Gasteiger partial charge in [-0.25, -0.2) is 0 Å². The van der Waals surface area contributed by atoms with E-state index in [0.29, 0.717) is 5.56 Å². The van der Waals surface area contributed by atoms with Crippen LogP contribution in [0.25, 0.3) is 0 Å². The second-order valence-corrected chi connectivity index (χ2v) is 5.38. The molecule has 0 aromatic heterocycles. The molecular weight excluding hydrogens is 338 g/mol. The van der Waals surface area contributed by atoms with Crippen LogP contribution in [0, 0.1) is 17.0 Å². The summed E-state index contributed by atoms with van der Waals surface area (Å²) in [5, 5.41) is 11.0. The molecule has 0 saturated heterocycles. The fraction of sp³-hybridized carbons (Fsp3) is 0.200. The minimum absolute atomic E-state index is 0.0652. The number of nitro benzene ring substituents is 1. The molecule has 0 N–H and O–H groups in total. The number of nitrogens with zero attached hydrogens (tertiary/aromatic N) is 1. The Labute approximate surface area is 130 Å². The Balaban J connectivity index is 2.18. The quantitative estimate of drug-likeness (QED) is 0.596. The zero-order chi connectivity index (χ0) is 15.4. The minimum atomic E-state index is -0.466. The Morgan fingerprint density at radius 2 is 1.95 bits per heavy atom. The van der Waals surface area contributed by atoms with Gasteiger partial charge < -0.3 is 9.47 Å². The van der Waals surface area contributed by atoms with Gasteiger partial charge in [-0.2, -0.15) is 0 Å². The van der Waals surface area contributed by atoms with E-state index >= 15 is 0 Å². The van der Waals surface area contributed by atoms with Crippen molar-refractivity contribution in [2.24, 2.45) is 0 Å². The smallest absolute Gasteiger partial charge is 0.311 e. The number of hydrogen-bond acceptors (Lipinski definition) is 4. The van der Waals surface area contributed by atoms with Crippen LogP contribution in [0.15, 0.2) is 40.9 Å². The Morgan fingerprint density at radius 1 is 1.19 bits per heavy atom. The minimum Gasteiger partial charge on any atom is -0.490 e. The molecule has 5 nitrogen and oxygen atoms in total. The summed E-state index contributed by atoms with van der Waals surface area (Å²) in [6.07, 6.45) is 0. The summed E-state index contributed by atoms with van der Waals surface area (Å²) in [5.74, 6) is 0.977. The van der Waals surface area contributed by atoms with E-state index in [-0.39, 0.29) is 18.0 Å². The molecule has 0 saturated carbocycles. The molecular formula is C15H14BrNO4. The number of aryl methyl sites for hydroxylation is 1. The topological polar surface area (TPSA) is 61.6 Å². The third-order valence-electron chi connectivity index (χ3n) is 2.98. The fourth-order valence-electron chi connectivity index (χ4n) is 1.86. The van der Waals surface area contributed by atoms with Crippen molar-refractivity contribution in [1.82, 2.24) is 0 Å². The molecule has 0 aliphatic carbocycles. The van der Waals surface area contributed by atoms with Gasteiger partial charge in [0.05, 0.1) is 12.0 Å². The largest absolute Gasteiger partial charge is 0.490 e. The van der Waals surface area contributed by atoms with Gasteiger partial charge >= 0.3 is 5.69 Å². The maximum atomic E-state index is 11.0.